The van der Waals surface area contributed by atoms with Gasteiger partial charge in [0.05, 0.1) is 12.2 Å². The van der Waals surface area contributed by atoms with Crippen molar-refractivity contribution in [1.82, 2.24) is 14.8 Å². The molecule has 3 rings (SSSR count). The van der Waals surface area contributed by atoms with E-state index < -0.39 is 17.8 Å². The van der Waals surface area contributed by atoms with Crippen molar-refractivity contribution in [2.75, 3.05) is 18.2 Å². The van der Waals surface area contributed by atoms with E-state index in [9.17, 15) is 9.18 Å². The minimum absolute atomic E-state index is 0.236. The van der Waals surface area contributed by atoms with Crippen LogP contribution in [0.2, 0.25) is 0 Å². The van der Waals surface area contributed by atoms with Crippen molar-refractivity contribution in [3.63, 3.8) is 0 Å². The second-order valence-electron chi connectivity index (χ2n) is 5.17. The fourth-order valence-electron chi connectivity index (χ4n) is 2.68. The maximum atomic E-state index is 14.4. The van der Waals surface area contributed by atoms with Gasteiger partial charge in [0, 0.05) is 11.3 Å². The van der Waals surface area contributed by atoms with Gasteiger partial charge in [-0.3, -0.25) is 0 Å². The van der Waals surface area contributed by atoms with Crippen LogP contribution in [0.5, 0.6) is 0 Å². The zero-order valence-electron chi connectivity index (χ0n) is 13.5. The molecule has 8 heteroatoms. The van der Waals surface area contributed by atoms with Crippen molar-refractivity contribution >= 4 is 23.7 Å². The summed E-state index contributed by atoms with van der Waals surface area (Å²) in [7, 11) is 0. The molecule has 0 saturated carbocycles. The van der Waals surface area contributed by atoms with Crippen molar-refractivity contribution in [3.8, 4) is 0 Å². The number of nitrogens with zero attached hydrogens (tertiary/aromatic N) is 3. The van der Waals surface area contributed by atoms with Gasteiger partial charge in [-0.05, 0) is 26.2 Å². The van der Waals surface area contributed by atoms with Crippen LogP contribution in [0.3, 0.4) is 0 Å². The summed E-state index contributed by atoms with van der Waals surface area (Å²) in [4.78, 5) is 16.8. The molecule has 126 valence electrons. The van der Waals surface area contributed by atoms with Gasteiger partial charge in [0.1, 0.15) is 11.9 Å². The van der Waals surface area contributed by atoms with Gasteiger partial charge in [-0.1, -0.05) is 30.0 Å². The molecule has 0 spiro atoms. The highest BCUT2D eigenvalue weighted by molar-refractivity contribution is 7.98. The maximum Gasteiger partial charge on any atom is 0.338 e. The first kappa shape index (κ1) is 16.5. The molecule has 1 aliphatic rings. The SMILES string of the molecule is CCOC(=O)C1=C(C)Nc2nc(SC)nn2C1c1ccccc1F. The molecule has 1 N–H and O–H groups in total. The number of benzene rings is 1. The molecule has 0 amide bonds. The van der Waals surface area contributed by atoms with Gasteiger partial charge in [-0.25, -0.2) is 13.9 Å². The van der Waals surface area contributed by atoms with Crippen LogP contribution in [0.15, 0.2) is 40.7 Å². The number of aromatic nitrogens is 3. The number of hydrogen-bond donors (Lipinski definition) is 1. The van der Waals surface area contributed by atoms with Crippen molar-refractivity contribution in [3.05, 3.63) is 46.9 Å². The first-order chi connectivity index (χ1) is 11.6. The highest BCUT2D eigenvalue weighted by atomic mass is 32.2. The zero-order valence-corrected chi connectivity index (χ0v) is 14.4. The van der Waals surface area contributed by atoms with Gasteiger partial charge in [-0.2, -0.15) is 4.98 Å². The Labute approximate surface area is 143 Å². The Hall–Kier alpha value is -2.35. The Morgan fingerprint density at radius 3 is 2.88 bits per heavy atom. The van der Waals surface area contributed by atoms with Crippen LogP contribution in [0, 0.1) is 5.82 Å². The molecule has 0 radical (unpaired) electrons. The van der Waals surface area contributed by atoms with Crippen LogP contribution in [0.1, 0.15) is 25.5 Å². The van der Waals surface area contributed by atoms with Crippen molar-refractivity contribution in [1.29, 1.82) is 0 Å². The average molecular weight is 348 g/mol. The number of thioether (sulfide) groups is 1. The molecule has 0 bridgehead atoms. The Morgan fingerprint density at radius 2 is 2.21 bits per heavy atom. The molecule has 6 nitrogen and oxygen atoms in total. The quantitative estimate of drug-likeness (QED) is 0.677. The molecule has 0 aliphatic carbocycles. The molecular weight excluding hydrogens is 331 g/mol. The molecule has 1 aliphatic heterocycles. The minimum atomic E-state index is -0.727. The van der Waals surface area contributed by atoms with E-state index >= 15 is 0 Å². The first-order valence-corrected chi connectivity index (χ1v) is 8.69. The lowest BCUT2D eigenvalue weighted by atomic mass is 9.95. The number of esters is 1. The van der Waals surface area contributed by atoms with Crippen molar-refractivity contribution in [2.45, 2.75) is 25.0 Å². The molecule has 2 aromatic rings. The molecule has 0 fully saturated rings. The fourth-order valence-corrected chi connectivity index (χ4v) is 3.02. The van der Waals surface area contributed by atoms with E-state index in [4.69, 9.17) is 4.74 Å². The number of anilines is 1. The first-order valence-electron chi connectivity index (χ1n) is 7.46. The van der Waals surface area contributed by atoms with Crippen molar-refractivity contribution < 1.29 is 13.9 Å². The second kappa shape index (κ2) is 6.64. The smallest absolute Gasteiger partial charge is 0.338 e. The normalized spacial score (nSPS) is 16.6. The summed E-state index contributed by atoms with van der Waals surface area (Å²) < 4.78 is 21.1. The van der Waals surface area contributed by atoms with Gasteiger partial charge in [0.2, 0.25) is 11.1 Å². The van der Waals surface area contributed by atoms with E-state index in [1.54, 1.807) is 32.0 Å². The van der Waals surface area contributed by atoms with Gasteiger partial charge in [0.15, 0.2) is 0 Å². The average Bonchev–Trinajstić information content (AvgIpc) is 2.97. The highest BCUT2D eigenvalue weighted by Crippen LogP contribution is 2.37. The number of nitrogens with one attached hydrogen (secondary N) is 1. The molecular formula is C16H17FN4O2S. The molecule has 0 saturated heterocycles. The van der Waals surface area contributed by atoms with Gasteiger partial charge in [0.25, 0.3) is 0 Å². The topological polar surface area (TPSA) is 69.0 Å². The number of carbonyl (C=O) groups is 1. The molecule has 1 aromatic carbocycles. The number of hydrogen-bond acceptors (Lipinski definition) is 6. The standard InChI is InChI=1S/C16H17FN4O2S/c1-4-23-14(22)12-9(2)18-15-19-16(24-3)20-21(15)13(12)10-7-5-6-8-11(10)17/h5-8,13H,4H2,1-3H3,(H,18,19,20). The van der Waals surface area contributed by atoms with E-state index in [0.717, 1.165) is 0 Å². The summed E-state index contributed by atoms with van der Waals surface area (Å²) >= 11 is 1.37. The Morgan fingerprint density at radius 1 is 1.46 bits per heavy atom. The van der Waals surface area contributed by atoms with Gasteiger partial charge >= 0.3 is 5.97 Å². The lowest BCUT2D eigenvalue weighted by molar-refractivity contribution is -0.139. The zero-order chi connectivity index (χ0) is 17.3. The maximum absolute atomic E-state index is 14.4. The minimum Gasteiger partial charge on any atom is -0.463 e. The van der Waals surface area contributed by atoms with Crippen LogP contribution < -0.4 is 5.32 Å². The second-order valence-corrected chi connectivity index (χ2v) is 5.95. The summed E-state index contributed by atoms with van der Waals surface area (Å²) in [5, 5.41) is 7.99. The van der Waals surface area contributed by atoms with Crippen LogP contribution in [-0.2, 0) is 9.53 Å². The van der Waals surface area contributed by atoms with Gasteiger partial charge in [-0.15, -0.1) is 5.10 Å². The third-order valence-electron chi connectivity index (χ3n) is 3.71. The van der Waals surface area contributed by atoms with Gasteiger partial charge < -0.3 is 10.1 Å². The van der Waals surface area contributed by atoms with Crippen LogP contribution in [0.4, 0.5) is 10.3 Å². The van der Waals surface area contributed by atoms with Crippen LogP contribution in [-0.4, -0.2) is 33.6 Å². The van der Waals surface area contributed by atoms with E-state index in [0.29, 0.717) is 27.9 Å². The van der Waals surface area contributed by atoms with Crippen LogP contribution in [0.25, 0.3) is 0 Å². The summed E-state index contributed by atoms with van der Waals surface area (Å²) in [6.45, 7) is 3.71. The summed E-state index contributed by atoms with van der Waals surface area (Å²) in [6.07, 6.45) is 1.85. The molecule has 1 atom stereocenters. The fraction of sp³-hybridized carbons (Fsp3) is 0.312. The third-order valence-corrected chi connectivity index (χ3v) is 4.25. The molecule has 2 heterocycles. The van der Waals surface area contributed by atoms with E-state index in [1.165, 1.54) is 22.5 Å². The largest absolute Gasteiger partial charge is 0.463 e. The van der Waals surface area contributed by atoms with E-state index in [-0.39, 0.29) is 6.61 Å². The van der Waals surface area contributed by atoms with Crippen molar-refractivity contribution in [2.24, 2.45) is 0 Å². The lowest BCUT2D eigenvalue weighted by Crippen LogP contribution is -2.30. The van der Waals surface area contributed by atoms with Crippen LogP contribution >= 0.6 is 11.8 Å². The third kappa shape index (κ3) is 2.77. The molecule has 1 aromatic heterocycles. The highest BCUT2D eigenvalue weighted by Gasteiger charge is 2.36. The summed E-state index contributed by atoms with van der Waals surface area (Å²) in [5.41, 5.74) is 1.25. The Kier molecular flexibility index (Phi) is 4.57. The number of carbonyl (C=O) groups excluding carboxylic acids is 1. The molecule has 24 heavy (non-hydrogen) atoms. The number of rotatable bonds is 4. The predicted molar refractivity (Wildman–Crippen MR) is 89.3 cm³/mol. The Balaban J connectivity index is 2.20. The number of ether oxygens (including phenoxy) is 1. The molecule has 1 unspecified atom stereocenters. The van der Waals surface area contributed by atoms with E-state index in [2.05, 4.69) is 15.4 Å². The summed E-state index contributed by atoms with van der Waals surface area (Å²) in [5.74, 6) is -0.438. The Bertz CT molecular complexity index is 818. The lowest BCUT2D eigenvalue weighted by Gasteiger charge is -2.28. The van der Waals surface area contributed by atoms with E-state index in [1.807, 2.05) is 6.26 Å². The monoisotopic (exact) mass is 348 g/mol. The number of allylic oxidation sites excluding steroid dienone is 1. The number of fused-ring (bicyclic) bond motifs is 1. The summed E-state index contributed by atoms with van der Waals surface area (Å²) in [6, 6.07) is 5.61. The number of halogens is 1. The predicted octanol–water partition coefficient (Wildman–Crippen LogP) is 2.99.